The smallest absolute Gasteiger partial charge is 1.00 e. The maximum absolute atomic E-state index is 12.5. The first-order chi connectivity index (χ1) is 10.2. The third-order valence-corrected chi connectivity index (χ3v) is 5.31. The molecule has 2 aliphatic heterocycles. The molecule has 0 unspecified atom stereocenters. The van der Waals surface area contributed by atoms with Gasteiger partial charge >= 0.3 is 29.6 Å². The summed E-state index contributed by atoms with van der Waals surface area (Å²) in [6, 6.07) is 0. The summed E-state index contributed by atoms with van der Waals surface area (Å²) in [5.74, 6) is 2.24. The van der Waals surface area contributed by atoms with Crippen molar-refractivity contribution in [1.82, 2.24) is 24.5 Å². The molecule has 0 atom stereocenters. The summed E-state index contributed by atoms with van der Waals surface area (Å²) >= 11 is 1.61. The molecule has 1 saturated heterocycles. The van der Waals surface area contributed by atoms with Crippen LogP contribution in [-0.4, -0.2) is 63.5 Å². The van der Waals surface area contributed by atoms with Crippen LogP contribution in [0.25, 0.3) is 5.78 Å². The third-order valence-electron chi connectivity index (χ3n) is 4.12. The quantitative estimate of drug-likeness (QED) is 0.575. The number of nitrogens with zero attached hydrogens (tertiary/aromatic N) is 5. The van der Waals surface area contributed by atoms with E-state index < -0.39 is 0 Å². The summed E-state index contributed by atoms with van der Waals surface area (Å²) in [5, 5.41) is 3.12. The van der Waals surface area contributed by atoms with E-state index in [2.05, 4.69) is 31.9 Å². The van der Waals surface area contributed by atoms with E-state index in [-0.39, 0.29) is 36.5 Å². The van der Waals surface area contributed by atoms with E-state index in [9.17, 15) is 4.79 Å². The van der Waals surface area contributed by atoms with Crippen LogP contribution in [-0.2, 0) is 6.42 Å². The van der Waals surface area contributed by atoms with Crippen LogP contribution in [0.15, 0.2) is 9.69 Å². The van der Waals surface area contributed by atoms with Crippen LogP contribution in [0.5, 0.6) is 0 Å². The van der Waals surface area contributed by atoms with Gasteiger partial charge in [-0.05, 0) is 25.6 Å². The topological polar surface area (TPSA) is 69.5 Å². The van der Waals surface area contributed by atoms with Gasteiger partial charge in [-0.2, -0.15) is 9.50 Å². The predicted molar refractivity (Wildman–Crippen MR) is 83.5 cm³/mol. The first-order valence-corrected chi connectivity index (χ1v) is 8.29. The van der Waals surface area contributed by atoms with Gasteiger partial charge in [-0.3, -0.25) is 9.89 Å². The number of hydrogen-bond acceptors (Lipinski definition) is 6. The van der Waals surface area contributed by atoms with Crippen LogP contribution >= 0.6 is 11.8 Å². The van der Waals surface area contributed by atoms with Crippen molar-refractivity contribution in [2.75, 3.05) is 43.9 Å². The molecule has 9 heteroatoms. The molecule has 0 aromatic carbocycles. The van der Waals surface area contributed by atoms with E-state index >= 15 is 0 Å². The zero-order chi connectivity index (χ0) is 14.4. The molecule has 1 N–H and O–H groups in total. The van der Waals surface area contributed by atoms with Gasteiger partial charge < -0.3 is 11.2 Å². The first-order valence-electron chi connectivity index (χ1n) is 7.30. The van der Waals surface area contributed by atoms with Crippen molar-refractivity contribution in [3.63, 3.8) is 0 Å². The van der Waals surface area contributed by atoms with Crippen molar-refractivity contribution in [2.45, 2.75) is 17.7 Å². The van der Waals surface area contributed by atoms with E-state index in [0.29, 0.717) is 5.78 Å². The molecule has 0 saturated carbocycles. The van der Waals surface area contributed by atoms with Gasteiger partial charge in [0.2, 0.25) is 5.95 Å². The molecule has 0 amide bonds. The van der Waals surface area contributed by atoms with Crippen LogP contribution in [0, 0.1) is 0 Å². The van der Waals surface area contributed by atoms with Crippen LogP contribution < -0.4 is 40.0 Å². The number of rotatable bonds is 1. The van der Waals surface area contributed by atoms with Crippen LogP contribution in [0.3, 0.4) is 0 Å². The standard InChI is InChI=1S/C13H18N6OS.Na.H/c1-17-4-6-18(7-5-17)13-15-12-14-9-3-2-8-21-10(9)11(20)19(12)16-13;;/h2-8H2,1H3,(H,14,15,16);;/q;+1;-1. The Morgan fingerprint density at radius 3 is 2.77 bits per heavy atom. The van der Waals surface area contributed by atoms with Crippen molar-refractivity contribution >= 4 is 23.5 Å². The summed E-state index contributed by atoms with van der Waals surface area (Å²) in [6.07, 6.45) is 1.96. The average Bonchev–Trinajstić information content (AvgIpc) is 2.92. The number of thioether (sulfide) groups is 1. The summed E-state index contributed by atoms with van der Waals surface area (Å²) < 4.78 is 1.49. The van der Waals surface area contributed by atoms with Crippen molar-refractivity contribution in [3.05, 3.63) is 16.0 Å². The summed E-state index contributed by atoms with van der Waals surface area (Å²) in [7, 11) is 2.12. The second-order valence-corrected chi connectivity index (χ2v) is 6.72. The minimum Gasteiger partial charge on any atom is -1.00 e. The number of piperazine rings is 1. The fourth-order valence-electron chi connectivity index (χ4n) is 2.82. The SMILES string of the molecule is CN1CCN(c2nc3nc4c(c(=O)n3[nH]2)SCCC4)CC1.[H-].[Na+]. The van der Waals surface area contributed by atoms with Crippen molar-refractivity contribution < 1.29 is 31.0 Å². The number of nitrogens with one attached hydrogen (secondary N) is 1. The normalized spacial score (nSPS) is 19.0. The zero-order valence-electron chi connectivity index (χ0n) is 14.0. The Bertz CT molecular complexity index is 742. The molecule has 4 heterocycles. The second kappa shape index (κ2) is 6.52. The number of likely N-dealkylation sites (N-methyl/N-ethyl adjacent to an activating group) is 1. The molecule has 0 spiro atoms. The molecule has 114 valence electrons. The monoisotopic (exact) mass is 330 g/mol. The van der Waals surface area contributed by atoms with E-state index in [0.717, 1.165) is 61.3 Å². The molecule has 2 aromatic heterocycles. The minimum absolute atomic E-state index is 0. The van der Waals surface area contributed by atoms with Gasteiger partial charge in [0.25, 0.3) is 11.3 Å². The van der Waals surface area contributed by atoms with Gasteiger partial charge in [0.1, 0.15) is 0 Å². The fourth-order valence-corrected chi connectivity index (χ4v) is 3.84. The zero-order valence-corrected chi connectivity index (χ0v) is 15.8. The summed E-state index contributed by atoms with van der Waals surface area (Å²) in [5.41, 5.74) is 0.903. The van der Waals surface area contributed by atoms with Crippen LogP contribution in [0.4, 0.5) is 5.95 Å². The molecular formula is C13H19N6NaOS. The Morgan fingerprint density at radius 1 is 1.23 bits per heavy atom. The van der Waals surface area contributed by atoms with Crippen LogP contribution in [0.2, 0.25) is 0 Å². The van der Waals surface area contributed by atoms with E-state index in [1.807, 2.05) is 0 Å². The van der Waals surface area contributed by atoms with Gasteiger partial charge in [0.15, 0.2) is 0 Å². The van der Waals surface area contributed by atoms with Gasteiger partial charge in [0.05, 0.1) is 10.6 Å². The number of hydrogen-bond donors (Lipinski definition) is 1. The summed E-state index contributed by atoms with van der Waals surface area (Å²) in [6.45, 7) is 3.84. The summed E-state index contributed by atoms with van der Waals surface area (Å²) in [4.78, 5) is 26.9. The van der Waals surface area contributed by atoms with Gasteiger partial charge in [0, 0.05) is 26.2 Å². The molecule has 2 aliphatic rings. The fraction of sp³-hybridized carbons (Fsp3) is 0.615. The molecule has 7 nitrogen and oxygen atoms in total. The van der Waals surface area contributed by atoms with E-state index in [4.69, 9.17) is 0 Å². The van der Waals surface area contributed by atoms with Gasteiger partial charge in [-0.1, -0.05) is 0 Å². The molecule has 22 heavy (non-hydrogen) atoms. The second-order valence-electron chi connectivity index (χ2n) is 5.62. The number of aromatic amines is 1. The molecule has 0 radical (unpaired) electrons. The largest absolute Gasteiger partial charge is 1.00 e. The molecular weight excluding hydrogens is 311 g/mol. The van der Waals surface area contributed by atoms with Crippen LogP contribution in [0.1, 0.15) is 13.5 Å². The average molecular weight is 330 g/mol. The maximum Gasteiger partial charge on any atom is 1.00 e. The van der Waals surface area contributed by atoms with Crippen molar-refractivity contribution in [1.29, 1.82) is 0 Å². The molecule has 1 fully saturated rings. The Kier molecular flexibility index (Phi) is 4.84. The predicted octanol–water partition coefficient (Wildman–Crippen LogP) is -2.68. The Hall–Kier alpha value is -0.540. The number of fused-ring (bicyclic) bond motifs is 2. The Morgan fingerprint density at radius 2 is 2.00 bits per heavy atom. The van der Waals surface area contributed by atoms with Crippen molar-refractivity contribution in [2.24, 2.45) is 0 Å². The van der Waals surface area contributed by atoms with E-state index in [1.54, 1.807) is 11.8 Å². The Labute approximate surface area is 156 Å². The van der Waals surface area contributed by atoms with Gasteiger partial charge in [-0.15, -0.1) is 11.8 Å². The molecule has 0 bridgehead atoms. The number of anilines is 1. The number of aryl methyl sites for hydroxylation is 1. The first kappa shape index (κ1) is 16.3. The maximum atomic E-state index is 12.5. The molecule has 4 rings (SSSR count). The number of aromatic nitrogens is 4. The Balaban J connectivity index is 0.000000960. The van der Waals surface area contributed by atoms with E-state index in [1.165, 1.54) is 4.52 Å². The van der Waals surface area contributed by atoms with Crippen molar-refractivity contribution in [3.8, 4) is 0 Å². The minimum atomic E-state index is -0.00687. The number of H-pyrrole nitrogens is 1. The third kappa shape index (κ3) is 2.82. The molecule has 2 aromatic rings. The molecule has 0 aliphatic carbocycles. The van der Waals surface area contributed by atoms with Gasteiger partial charge in [-0.25, -0.2) is 4.98 Å².